The molecule has 40 heavy (non-hydrogen) atoms. The van der Waals surface area contributed by atoms with Gasteiger partial charge >= 0.3 is 0 Å². The number of carbonyl (C=O) groups is 2. The summed E-state index contributed by atoms with van der Waals surface area (Å²) in [7, 11) is 0. The van der Waals surface area contributed by atoms with Crippen LogP contribution in [0.25, 0.3) is 11.0 Å². The van der Waals surface area contributed by atoms with E-state index in [0.29, 0.717) is 41.4 Å². The van der Waals surface area contributed by atoms with E-state index in [1.54, 1.807) is 18.2 Å². The Balaban J connectivity index is 1.23. The number of ether oxygens (including phenoxy) is 2. The molecule has 4 aromatic rings. The fraction of sp³-hybridized carbons (Fsp3) is 0.333. The monoisotopic (exact) mass is 543 g/mol. The minimum atomic E-state index is -0.691. The number of ketones is 1. The molecule has 6 rings (SSSR count). The third-order valence-electron chi connectivity index (χ3n) is 7.50. The van der Waals surface area contributed by atoms with Crippen molar-refractivity contribution in [1.29, 1.82) is 0 Å². The molecule has 3 atom stereocenters. The Morgan fingerprint density at radius 1 is 1.10 bits per heavy atom. The number of H-pyrrole nitrogens is 1. The van der Waals surface area contributed by atoms with E-state index in [1.165, 1.54) is 24.7 Å². The van der Waals surface area contributed by atoms with E-state index < -0.39 is 11.6 Å². The predicted molar refractivity (Wildman–Crippen MR) is 147 cm³/mol. The van der Waals surface area contributed by atoms with E-state index >= 15 is 4.39 Å². The summed E-state index contributed by atoms with van der Waals surface area (Å²) in [6.45, 7) is 3.05. The number of rotatable bonds is 8. The van der Waals surface area contributed by atoms with Crippen LogP contribution in [-0.2, 0) is 9.53 Å². The van der Waals surface area contributed by atoms with Gasteiger partial charge in [-0.25, -0.2) is 14.4 Å². The molecule has 0 spiro atoms. The molecule has 4 heterocycles. The van der Waals surface area contributed by atoms with Gasteiger partial charge in [-0.2, -0.15) is 0 Å². The number of benzene rings is 2. The van der Waals surface area contributed by atoms with Crippen molar-refractivity contribution >= 4 is 28.5 Å². The maximum absolute atomic E-state index is 15.1. The number of aromatic amines is 1. The fourth-order valence-corrected chi connectivity index (χ4v) is 5.29. The van der Waals surface area contributed by atoms with E-state index in [1.807, 2.05) is 30.0 Å². The third kappa shape index (κ3) is 5.27. The van der Waals surface area contributed by atoms with E-state index in [0.717, 1.165) is 25.7 Å². The molecule has 2 aromatic heterocycles. The quantitative estimate of drug-likeness (QED) is 0.235. The lowest BCUT2D eigenvalue weighted by atomic mass is 10.0. The average molecular weight is 544 g/mol. The Kier molecular flexibility index (Phi) is 7.17. The van der Waals surface area contributed by atoms with E-state index in [9.17, 15) is 9.59 Å². The van der Waals surface area contributed by atoms with Gasteiger partial charge in [0.15, 0.2) is 11.9 Å². The van der Waals surface area contributed by atoms with Crippen LogP contribution in [0, 0.1) is 5.82 Å². The van der Waals surface area contributed by atoms with Crippen molar-refractivity contribution in [3.8, 4) is 11.5 Å². The first-order chi connectivity index (χ1) is 19.5. The maximum Gasteiger partial charge on any atom is 0.254 e. The van der Waals surface area contributed by atoms with Crippen molar-refractivity contribution in [2.75, 3.05) is 18.4 Å². The summed E-state index contributed by atoms with van der Waals surface area (Å²) < 4.78 is 26.3. The number of aromatic nitrogens is 3. The molecule has 206 valence electrons. The SMILES string of the molecule is CC1OC1C(=O)N1CCCCCC1CNc1ncnc2[nH]cc(C(=O)c3ccc(Oc4ccccc4)cc3F)c12. The average Bonchev–Trinajstić information content (AvgIpc) is 3.61. The van der Waals surface area contributed by atoms with Crippen LogP contribution in [0.3, 0.4) is 0 Å². The van der Waals surface area contributed by atoms with Gasteiger partial charge in [0.05, 0.1) is 22.6 Å². The summed E-state index contributed by atoms with van der Waals surface area (Å²) >= 11 is 0. The van der Waals surface area contributed by atoms with Gasteiger partial charge < -0.3 is 24.7 Å². The molecule has 2 saturated heterocycles. The number of para-hydroxylation sites is 1. The highest BCUT2D eigenvalue weighted by Crippen LogP contribution is 2.30. The Labute approximate surface area is 230 Å². The number of fused-ring (bicyclic) bond motifs is 1. The number of halogens is 1. The van der Waals surface area contributed by atoms with Gasteiger partial charge in [-0.3, -0.25) is 9.59 Å². The molecule has 9 nitrogen and oxygen atoms in total. The zero-order valence-corrected chi connectivity index (χ0v) is 22.1. The number of amides is 1. The second kappa shape index (κ2) is 11.1. The Morgan fingerprint density at radius 2 is 1.93 bits per heavy atom. The molecule has 2 aromatic carbocycles. The van der Waals surface area contributed by atoms with Gasteiger partial charge in [-0.05, 0) is 44.0 Å². The molecule has 0 aliphatic carbocycles. The lowest BCUT2D eigenvalue weighted by molar-refractivity contribution is -0.134. The second-order valence-corrected chi connectivity index (χ2v) is 10.2. The molecular formula is C30H30FN5O4. The van der Waals surface area contributed by atoms with Crippen molar-refractivity contribution in [3.05, 3.63) is 78.0 Å². The molecule has 2 aliphatic heterocycles. The number of epoxide rings is 1. The first-order valence-corrected chi connectivity index (χ1v) is 13.6. The highest BCUT2D eigenvalue weighted by molar-refractivity contribution is 6.18. The summed E-state index contributed by atoms with van der Waals surface area (Å²) in [6, 6.07) is 13.2. The number of likely N-dealkylation sites (tertiary alicyclic amines) is 1. The second-order valence-electron chi connectivity index (χ2n) is 10.2. The minimum absolute atomic E-state index is 0.0294. The van der Waals surface area contributed by atoms with Crippen LogP contribution >= 0.6 is 0 Å². The lowest BCUT2D eigenvalue weighted by Crippen LogP contribution is -2.46. The molecule has 0 saturated carbocycles. The molecule has 2 N–H and O–H groups in total. The molecular weight excluding hydrogens is 513 g/mol. The third-order valence-corrected chi connectivity index (χ3v) is 7.50. The normalized spacial score (nSPS) is 20.6. The summed E-state index contributed by atoms with van der Waals surface area (Å²) in [4.78, 5) is 40.1. The summed E-state index contributed by atoms with van der Waals surface area (Å²) in [5.74, 6) is 0.146. The molecule has 2 fully saturated rings. The highest BCUT2D eigenvalue weighted by Gasteiger charge is 2.45. The Hall–Kier alpha value is -4.31. The number of hydrogen-bond acceptors (Lipinski definition) is 7. The maximum atomic E-state index is 15.1. The molecule has 2 aliphatic rings. The van der Waals surface area contributed by atoms with Crippen LogP contribution in [-0.4, -0.2) is 62.9 Å². The topological polar surface area (TPSA) is 113 Å². The van der Waals surface area contributed by atoms with Crippen LogP contribution < -0.4 is 10.1 Å². The van der Waals surface area contributed by atoms with Crippen LogP contribution in [0.5, 0.6) is 11.5 Å². The van der Waals surface area contributed by atoms with E-state index in [4.69, 9.17) is 9.47 Å². The predicted octanol–water partition coefficient (Wildman–Crippen LogP) is 5.09. The van der Waals surface area contributed by atoms with Crippen molar-refractivity contribution in [3.63, 3.8) is 0 Å². The van der Waals surface area contributed by atoms with Gasteiger partial charge in [0, 0.05) is 31.4 Å². The van der Waals surface area contributed by atoms with E-state index in [-0.39, 0.29) is 35.3 Å². The van der Waals surface area contributed by atoms with Gasteiger partial charge in [0.1, 0.15) is 35.1 Å². The summed E-state index contributed by atoms with van der Waals surface area (Å²) in [5.41, 5.74) is 0.622. The molecule has 10 heteroatoms. The van der Waals surface area contributed by atoms with Crippen LogP contribution in [0.15, 0.2) is 61.1 Å². The van der Waals surface area contributed by atoms with Crippen molar-refractivity contribution in [1.82, 2.24) is 19.9 Å². The number of nitrogens with zero attached hydrogens (tertiary/aromatic N) is 3. The van der Waals surface area contributed by atoms with Crippen LogP contribution in [0.1, 0.15) is 48.5 Å². The minimum Gasteiger partial charge on any atom is -0.457 e. The van der Waals surface area contributed by atoms with Gasteiger partial charge in [-0.15, -0.1) is 0 Å². The van der Waals surface area contributed by atoms with Crippen molar-refractivity contribution < 1.29 is 23.5 Å². The number of anilines is 1. The number of nitrogens with one attached hydrogen (secondary N) is 2. The highest BCUT2D eigenvalue weighted by atomic mass is 19.1. The molecule has 1 amide bonds. The Morgan fingerprint density at radius 3 is 2.70 bits per heavy atom. The fourth-order valence-electron chi connectivity index (χ4n) is 5.29. The lowest BCUT2D eigenvalue weighted by Gasteiger charge is -2.30. The molecule has 3 unspecified atom stereocenters. The zero-order valence-electron chi connectivity index (χ0n) is 22.1. The zero-order chi connectivity index (χ0) is 27.6. The smallest absolute Gasteiger partial charge is 0.254 e. The number of carbonyl (C=O) groups excluding carboxylic acids is 2. The first kappa shape index (κ1) is 25.9. The van der Waals surface area contributed by atoms with E-state index in [2.05, 4.69) is 20.3 Å². The largest absolute Gasteiger partial charge is 0.457 e. The van der Waals surface area contributed by atoms with Crippen LogP contribution in [0.2, 0.25) is 0 Å². The Bertz CT molecular complexity index is 1540. The molecule has 0 radical (unpaired) electrons. The first-order valence-electron chi connectivity index (χ1n) is 13.6. The van der Waals surface area contributed by atoms with Gasteiger partial charge in [0.25, 0.3) is 5.91 Å². The van der Waals surface area contributed by atoms with Gasteiger partial charge in [0.2, 0.25) is 0 Å². The number of hydrogen-bond donors (Lipinski definition) is 2. The van der Waals surface area contributed by atoms with Crippen molar-refractivity contribution in [2.24, 2.45) is 0 Å². The standard InChI is InChI=1S/C30H30FN5O4/c1-18-27(39-18)30(38)36-13-7-3-4-8-19(36)15-32-28-25-23(16-33-29(25)35-17-34-28)26(37)22-12-11-21(14-24(22)31)40-20-9-5-2-6-10-20/h2,5-6,9-12,14,16-19,27H,3-4,7-8,13,15H2,1H3,(H2,32,33,34,35). The summed E-state index contributed by atoms with van der Waals surface area (Å²) in [5, 5.41) is 3.83. The molecule has 0 bridgehead atoms. The van der Waals surface area contributed by atoms with Gasteiger partial charge in [-0.1, -0.05) is 31.0 Å². The summed E-state index contributed by atoms with van der Waals surface area (Å²) in [6.07, 6.45) is 6.42. The van der Waals surface area contributed by atoms with Crippen molar-refractivity contribution in [2.45, 2.75) is 50.9 Å². The van der Waals surface area contributed by atoms with Crippen LogP contribution in [0.4, 0.5) is 10.2 Å².